The summed E-state index contributed by atoms with van der Waals surface area (Å²) >= 11 is 7.99. The highest BCUT2D eigenvalue weighted by atomic mass is 35.5. The van der Waals surface area contributed by atoms with E-state index >= 15 is 0 Å². The third-order valence-electron chi connectivity index (χ3n) is 4.91. The second-order valence-corrected chi connectivity index (χ2v) is 8.42. The average Bonchev–Trinajstić information content (AvgIpc) is 3.42. The number of pyridine rings is 1. The Bertz CT molecular complexity index is 1350. The lowest BCUT2D eigenvalue weighted by atomic mass is 10.0. The highest BCUT2D eigenvalue weighted by molar-refractivity contribution is 7.09. The van der Waals surface area contributed by atoms with E-state index in [1.807, 2.05) is 23.7 Å². The number of alkyl halides is 3. The first-order chi connectivity index (χ1) is 14.4. The van der Waals surface area contributed by atoms with E-state index in [1.54, 1.807) is 46.6 Å². The fourth-order valence-electron chi connectivity index (χ4n) is 3.76. The van der Waals surface area contributed by atoms with Gasteiger partial charge >= 0.3 is 6.18 Å². The lowest BCUT2D eigenvalue weighted by Gasteiger charge is -2.13. The molecule has 0 aliphatic rings. The Kier molecular flexibility index (Phi) is 4.56. The van der Waals surface area contributed by atoms with Crippen molar-refractivity contribution in [2.75, 3.05) is 0 Å². The van der Waals surface area contributed by atoms with Crippen LogP contribution >= 0.6 is 22.9 Å². The van der Waals surface area contributed by atoms with Crippen molar-refractivity contribution in [3.05, 3.63) is 70.4 Å². The Morgan fingerprint density at radius 2 is 1.97 bits per heavy atom. The number of rotatable bonds is 4. The standard InChI is InChI=1S/C21H14ClF3N4S/c22-14-6-17(13-8-27-28(10-13)11-15-2-1-5-30-15)20-18(7-14)16-3-4-26-9-19(16)29(20)12-21(23,24)25/h1-10H,11-12H2. The fourth-order valence-corrected chi connectivity index (χ4v) is 4.67. The van der Waals surface area contributed by atoms with E-state index in [0.717, 1.165) is 4.88 Å². The van der Waals surface area contributed by atoms with Gasteiger partial charge in [-0.25, -0.2) is 0 Å². The maximum atomic E-state index is 13.4. The molecule has 4 nitrogen and oxygen atoms in total. The van der Waals surface area contributed by atoms with E-state index in [4.69, 9.17) is 11.6 Å². The first-order valence-electron chi connectivity index (χ1n) is 9.06. The topological polar surface area (TPSA) is 35.6 Å². The van der Waals surface area contributed by atoms with Crippen molar-refractivity contribution in [2.24, 2.45) is 0 Å². The molecule has 5 rings (SSSR count). The van der Waals surface area contributed by atoms with Gasteiger partial charge in [0, 0.05) is 44.2 Å². The summed E-state index contributed by atoms with van der Waals surface area (Å²) in [5.41, 5.74) is 2.20. The first-order valence-corrected chi connectivity index (χ1v) is 10.3. The number of hydrogen-bond donors (Lipinski definition) is 0. The zero-order valence-corrected chi connectivity index (χ0v) is 17.0. The number of halogens is 4. The number of aromatic nitrogens is 4. The molecule has 5 aromatic rings. The zero-order chi connectivity index (χ0) is 20.9. The minimum Gasteiger partial charge on any atom is -0.329 e. The van der Waals surface area contributed by atoms with Crippen molar-refractivity contribution in [2.45, 2.75) is 19.3 Å². The summed E-state index contributed by atoms with van der Waals surface area (Å²) in [5.74, 6) is 0. The minimum absolute atomic E-state index is 0.416. The summed E-state index contributed by atoms with van der Waals surface area (Å²) in [5, 5.41) is 8.18. The molecule has 0 fully saturated rings. The summed E-state index contributed by atoms with van der Waals surface area (Å²) < 4.78 is 43.3. The van der Waals surface area contributed by atoms with Gasteiger partial charge in [0.1, 0.15) is 6.54 Å². The predicted molar refractivity (Wildman–Crippen MR) is 113 cm³/mol. The highest BCUT2D eigenvalue weighted by Crippen LogP contribution is 2.39. The van der Waals surface area contributed by atoms with Crippen LogP contribution < -0.4 is 0 Å². The maximum absolute atomic E-state index is 13.4. The Hall–Kier alpha value is -2.84. The quantitative estimate of drug-likeness (QED) is 0.321. The van der Waals surface area contributed by atoms with Crippen LogP contribution in [0.5, 0.6) is 0 Å². The largest absolute Gasteiger partial charge is 0.406 e. The van der Waals surface area contributed by atoms with Crippen LogP contribution in [0.2, 0.25) is 5.02 Å². The van der Waals surface area contributed by atoms with Gasteiger partial charge in [0.15, 0.2) is 0 Å². The third-order valence-corrected chi connectivity index (χ3v) is 5.98. The van der Waals surface area contributed by atoms with Crippen molar-refractivity contribution in [1.82, 2.24) is 19.3 Å². The normalized spacial score (nSPS) is 12.3. The molecule has 0 radical (unpaired) electrons. The van der Waals surface area contributed by atoms with Gasteiger partial charge in [-0.05, 0) is 29.6 Å². The molecule has 4 aromatic heterocycles. The van der Waals surface area contributed by atoms with E-state index in [9.17, 15) is 13.2 Å². The Balaban J connectivity index is 1.73. The molecule has 0 amide bonds. The van der Waals surface area contributed by atoms with Gasteiger partial charge in [-0.2, -0.15) is 18.3 Å². The van der Waals surface area contributed by atoms with Gasteiger partial charge < -0.3 is 4.57 Å². The summed E-state index contributed by atoms with van der Waals surface area (Å²) in [6.45, 7) is -0.520. The first kappa shape index (κ1) is 19.1. The summed E-state index contributed by atoms with van der Waals surface area (Å²) in [6, 6.07) is 9.08. The van der Waals surface area contributed by atoms with Gasteiger partial charge in [0.25, 0.3) is 0 Å². The van der Waals surface area contributed by atoms with E-state index in [2.05, 4.69) is 10.1 Å². The second kappa shape index (κ2) is 7.14. The van der Waals surface area contributed by atoms with Gasteiger partial charge in [-0.1, -0.05) is 17.7 Å². The van der Waals surface area contributed by atoms with Crippen LogP contribution in [0.25, 0.3) is 32.9 Å². The summed E-state index contributed by atoms with van der Waals surface area (Å²) in [7, 11) is 0. The second-order valence-electron chi connectivity index (χ2n) is 6.95. The fraction of sp³-hybridized carbons (Fsp3) is 0.143. The van der Waals surface area contributed by atoms with Crippen molar-refractivity contribution in [3.63, 3.8) is 0 Å². The van der Waals surface area contributed by atoms with Crippen molar-refractivity contribution >= 4 is 44.7 Å². The third kappa shape index (κ3) is 3.46. The molecule has 0 aliphatic heterocycles. The molecule has 0 saturated carbocycles. The lowest BCUT2D eigenvalue weighted by molar-refractivity contribution is -0.139. The molecule has 0 N–H and O–H groups in total. The summed E-state index contributed by atoms with van der Waals surface area (Å²) in [4.78, 5) is 5.17. The molecule has 0 atom stereocenters. The number of benzene rings is 1. The number of hydrogen-bond acceptors (Lipinski definition) is 3. The van der Waals surface area contributed by atoms with Crippen LogP contribution in [0.4, 0.5) is 13.2 Å². The van der Waals surface area contributed by atoms with Crippen LogP contribution in [0, 0.1) is 0 Å². The van der Waals surface area contributed by atoms with Crippen LogP contribution in [0.1, 0.15) is 4.88 Å². The maximum Gasteiger partial charge on any atom is 0.406 e. The molecule has 0 saturated heterocycles. The van der Waals surface area contributed by atoms with Crippen molar-refractivity contribution in [3.8, 4) is 11.1 Å². The minimum atomic E-state index is -4.38. The lowest BCUT2D eigenvalue weighted by Crippen LogP contribution is -2.17. The Morgan fingerprint density at radius 1 is 1.10 bits per heavy atom. The molecular formula is C21H14ClF3N4S. The monoisotopic (exact) mass is 446 g/mol. The predicted octanol–water partition coefficient (Wildman–Crippen LogP) is 6.38. The molecule has 0 spiro atoms. The highest BCUT2D eigenvalue weighted by Gasteiger charge is 2.30. The molecule has 0 unspecified atom stereocenters. The molecule has 4 heterocycles. The van der Waals surface area contributed by atoms with Crippen LogP contribution in [-0.2, 0) is 13.1 Å². The van der Waals surface area contributed by atoms with Crippen LogP contribution in [0.15, 0.2) is 60.5 Å². The molecule has 1 aromatic carbocycles. The summed E-state index contributed by atoms with van der Waals surface area (Å²) in [6.07, 6.45) is 2.14. The number of fused-ring (bicyclic) bond motifs is 3. The molecular weight excluding hydrogens is 433 g/mol. The average molecular weight is 447 g/mol. The van der Waals surface area contributed by atoms with Crippen LogP contribution in [0.3, 0.4) is 0 Å². The van der Waals surface area contributed by atoms with Gasteiger partial charge in [0.05, 0.1) is 30.0 Å². The molecule has 30 heavy (non-hydrogen) atoms. The molecule has 9 heteroatoms. The number of thiophene rings is 1. The van der Waals surface area contributed by atoms with Crippen molar-refractivity contribution in [1.29, 1.82) is 0 Å². The van der Waals surface area contributed by atoms with Crippen molar-refractivity contribution < 1.29 is 13.2 Å². The van der Waals surface area contributed by atoms with Gasteiger partial charge in [-0.3, -0.25) is 9.67 Å². The molecule has 0 aliphatic carbocycles. The van der Waals surface area contributed by atoms with Gasteiger partial charge in [-0.15, -0.1) is 11.3 Å². The van der Waals surface area contributed by atoms with E-state index in [1.165, 1.54) is 10.8 Å². The van der Waals surface area contributed by atoms with E-state index < -0.39 is 12.7 Å². The van der Waals surface area contributed by atoms with Gasteiger partial charge in [0.2, 0.25) is 0 Å². The molecule has 0 bridgehead atoms. The number of nitrogens with zero attached hydrogens (tertiary/aromatic N) is 4. The zero-order valence-electron chi connectivity index (χ0n) is 15.4. The van der Waals surface area contributed by atoms with E-state index in [-0.39, 0.29) is 0 Å². The smallest absolute Gasteiger partial charge is 0.329 e. The Labute approximate surface area is 178 Å². The van der Waals surface area contributed by atoms with Crippen LogP contribution in [-0.4, -0.2) is 25.5 Å². The molecule has 152 valence electrons. The van der Waals surface area contributed by atoms with E-state index in [0.29, 0.717) is 44.5 Å². The SMILES string of the molecule is FC(F)(F)Cn1c2cnccc2c2cc(Cl)cc(-c3cnn(Cc4cccs4)c3)c21. The Morgan fingerprint density at radius 3 is 2.73 bits per heavy atom.